The van der Waals surface area contributed by atoms with Crippen molar-refractivity contribution in [1.29, 1.82) is 0 Å². The van der Waals surface area contributed by atoms with Gasteiger partial charge in [-0.05, 0) is 88.3 Å². The van der Waals surface area contributed by atoms with Gasteiger partial charge in [0.25, 0.3) is 5.91 Å². The van der Waals surface area contributed by atoms with Crippen LogP contribution < -0.4 is 10.2 Å². The van der Waals surface area contributed by atoms with Gasteiger partial charge >= 0.3 is 17.6 Å². The molecule has 8 nitrogen and oxygen atoms in total. The molecule has 0 aliphatic carbocycles. The van der Waals surface area contributed by atoms with E-state index >= 15 is 0 Å². The number of amides is 4. The first-order valence-corrected chi connectivity index (χ1v) is 11.4. The highest BCUT2D eigenvalue weighted by Crippen LogP contribution is 2.39. The predicted molar refractivity (Wildman–Crippen MR) is 125 cm³/mol. The number of carbonyl (C=O) groups is 3. The molecular weight excluding hydrogens is 485 g/mol. The Morgan fingerprint density at radius 2 is 1.74 bits per heavy atom. The fraction of sp³-hybridized carbons (Fsp3) is 0.391. The molecule has 1 aromatic carbocycles. The molecule has 0 atom stereocenters. The highest BCUT2D eigenvalue weighted by molar-refractivity contribution is 8.00. The van der Waals surface area contributed by atoms with Gasteiger partial charge in [0.05, 0.1) is 5.69 Å². The molecular formula is C23H25F3N4O4S. The highest BCUT2D eigenvalue weighted by Gasteiger charge is 2.51. The molecule has 2 heterocycles. The average molecular weight is 511 g/mol. The van der Waals surface area contributed by atoms with Crippen LogP contribution in [-0.2, 0) is 16.1 Å². The first kappa shape index (κ1) is 26.3. The molecule has 0 saturated carbocycles. The normalized spacial score (nSPS) is 16.0. The number of imide groups is 1. The van der Waals surface area contributed by atoms with E-state index in [-0.39, 0.29) is 34.7 Å². The standard InChI is InChI=1S/C23H25F3N4O4S/c1-21(2,3)34-19(32)28-17-12-14(10-11-27-17)13-29-20(33)30(18(31)22(29,4)5)15-6-8-16(9-7-15)35-23(24,25)26/h6-12H,13H2,1-5H3,(H,27,28,32). The highest BCUT2D eigenvalue weighted by atomic mass is 32.2. The van der Waals surface area contributed by atoms with Crippen molar-refractivity contribution in [3.05, 3.63) is 48.2 Å². The molecule has 3 rings (SSSR count). The summed E-state index contributed by atoms with van der Waals surface area (Å²) < 4.78 is 43.0. The first-order chi connectivity index (χ1) is 16.1. The van der Waals surface area contributed by atoms with E-state index in [1.807, 2.05) is 0 Å². The molecule has 188 valence electrons. The van der Waals surface area contributed by atoms with Gasteiger partial charge in [-0.2, -0.15) is 13.2 Å². The van der Waals surface area contributed by atoms with Crippen molar-refractivity contribution in [3.8, 4) is 0 Å². The molecule has 1 N–H and O–H groups in total. The zero-order valence-electron chi connectivity index (χ0n) is 19.8. The van der Waals surface area contributed by atoms with Crippen LogP contribution in [0.15, 0.2) is 47.5 Å². The smallest absolute Gasteiger partial charge is 0.444 e. The lowest BCUT2D eigenvalue weighted by Crippen LogP contribution is -2.43. The Kier molecular flexibility index (Phi) is 7.07. The van der Waals surface area contributed by atoms with Crippen molar-refractivity contribution >= 4 is 41.3 Å². The van der Waals surface area contributed by atoms with Crippen LogP contribution in [0, 0.1) is 0 Å². The summed E-state index contributed by atoms with van der Waals surface area (Å²) in [5.41, 5.74) is -5.59. The van der Waals surface area contributed by atoms with Crippen LogP contribution in [0.4, 0.5) is 34.3 Å². The molecule has 1 aromatic heterocycles. The maximum Gasteiger partial charge on any atom is 0.446 e. The quantitative estimate of drug-likeness (QED) is 0.405. The van der Waals surface area contributed by atoms with Crippen LogP contribution in [0.3, 0.4) is 0 Å². The van der Waals surface area contributed by atoms with Crippen molar-refractivity contribution in [1.82, 2.24) is 9.88 Å². The number of hydrogen-bond acceptors (Lipinski definition) is 6. The van der Waals surface area contributed by atoms with Gasteiger partial charge in [0.1, 0.15) is 17.0 Å². The number of halogens is 3. The van der Waals surface area contributed by atoms with Crippen LogP contribution in [0.2, 0.25) is 0 Å². The van der Waals surface area contributed by atoms with Gasteiger partial charge in [-0.1, -0.05) is 0 Å². The Morgan fingerprint density at radius 3 is 2.31 bits per heavy atom. The van der Waals surface area contributed by atoms with Crippen molar-refractivity contribution in [2.24, 2.45) is 0 Å². The maximum absolute atomic E-state index is 13.2. The number of benzene rings is 1. The number of urea groups is 1. The average Bonchev–Trinajstić information content (AvgIpc) is 2.86. The number of nitrogens with zero attached hydrogens (tertiary/aromatic N) is 3. The lowest BCUT2D eigenvalue weighted by molar-refractivity contribution is -0.123. The molecule has 0 spiro atoms. The third-order valence-corrected chi connectivity index (χ3v) is 5.69. The summed E-state index contributed by atoms with van der Waals surface area (Å²) in [6, 6.07) is 7.61. The minimum Gasteiger partial charge on any atom is -0.444 e. The Hall–Kier alpha value is -3.28. The second kappa shape index (κ2) is 9.40. The SMILES string of the molecule is CC(C)(C)OC(=O)Nc1cc(CN2C(=O)N(c3ccc(SC(F)(F)F)cc3)C(=O)C2(C)C)ccn1. The number of alkyl halides is 3. The number of thioether (sulfide) groups is 1. The molecule has 1 fully saturated rings. The molecule has 0 radical (unpaired) electrons. The zero-order valence-corrected chi connectivity index (χ0v) is 20.6. The number of pyridine rings is 1. The third kappa shape index (κ3) is 6.44. The monoisotopic (exact) mass is 510 g/mol. The maximum atomic E-state index is 13.2. The van der Waals surface area contributed by atoms with Crippen LogP contribution >= 0.6 is 11.8 Å². The summed E-state index contributed by atoms with van der Waals surface area (Å²) in [6.07, 6.45) is 0.764. The first-order valence-electron chi connectivity index (χ1n) is 10.5. The number of carbonyl (C=O) groups excluding carboxylic acids is 3. The Bertz CT molecular complexity index is 1130. The fourth-order valence-corrected chi connectivity index (χ4v) is 3.90. The Balaban J connectivity index is 1.78. The van der Waals surface area contributed by atoms with E-state index < -0.39 is 34.7 Å². The minimum absolute atomic E-state index is 0.0294. The summed E-state index contributed by atoms with van der Waals surface area (Å²) in [5, 5.41) is 2.53. The number of hydrogen-bond donors (Lipinski definition) is 1. The second-order valence-corrected chi connectivity index (χ2v) is 10.4. The van der Waals surface area contributed by atoms with Crippen LogP contribution in [0.5, 0.6) is 0 Å². The van der Waals surface area contributed by atoms with Crippen LogP contribution in [-0.4, -0.2) is 44.6 Å². The van der Waals surface area contributed by atoms with E-state index in [4.69, 9.17) is 4.74 Å². The number of nitrogens with one attached hydrogen (secondary N) is 1. The summed E-state index contributed by atoms with van der Waals surface area (Å²) >= 11 is -0.280. The van der Waals surface area contributed by atoms with Crippen molar-refractivity contribution in [2.45, 2.75) is 62.7 Å². The topological polar surface area (TPSA) is 91.8 Å². The van der Waals surface area contributed by atoms with Crippen molar-refractivity contribution in [2.75, 3.05) is 10.2 Å². The van der Waals surface area contributed by atoms with Gasteiger partial charge in [0.15, 0.2) is 0 Å². The van der Waals surface area contributed by atoms with Gasteiger partial charge in [-0.25, -0.2) is 19.5 Å². The fourth-order valence-electron chi connectivity index (χ4n) is 3.36. The number of rotatable bonds is 5. The molecule has 1 saturated heterocycles. The van der Waals surface area contributed by atoms with E-state index in [0.29, 0.717) is 5.56 Å². The summed E-state index contributed by atoms with van der Waals surface area (Å²) in [5.74, 6) is -0.304. The van der Waals surface area contributed by atoms with Gasteiger partial charge in [0, 0.05) is 17.6 Å². The van der Waals surface area contributed by atoms with Gasteiger partial charge in [-0.15, -0.1) is 0 Å². The summed E-state index contributed by atoms with van der Waals surface area (Å²) in [6.45, 7) is 8.38. The number of ether oxygens (including phenoxy) is 1. The molecule has 1 aliphatic heterocycles. The largest absolute Gasteiger partial charge is 0.446 e. The van der Waals surface area contributed by atoms with Gasteiger partial charge in [0.2, 0.25) is 0 Å². The number of anilines is 2. The number of aromatic nitrogens is 1. The minimum atomic E-state index is -4.44. The van der Waals surface area contributed by atoms with Crippen molar-refractivity contribution in [3.63, 3.8) is 0 Å². The summed E-state index contributed by atoms with van der Waals surface area (Å²) in [7, 11) is 0. The molecule has 0 bridgehead atoms. The van der Waals surface area contributed by atoms with Gasteiger partial charge in [-0.3, -0.25) is 10.1 Å². The predicted octanol–water partition coefficient (Wildman–Crippen LogP) is 5.79. The van der Waals surface area contributed by atoms with Gasteiger partial charge < -0.3 is 9.64 Å². The van der Waals surface area contributed by atoms with E-state index in [2.05, 4.69) is 10.3 Å². The third-order valence-electron chi connectivity index (χ3n) is 4.95. The Labute approximate surface area is 204 Å². The second-order valence-electron chi connectivity index (χ2n) is 9.29. The summed E-state index contributed by atoms with van der Waals surface area (Å²) in [4.78, 5) is 44.6. The molecule has 12 heteroatoms. The van der Waals surface area contributed by atoms with E-state index in [0.717, 1.165) is 4.90 Å². The molecule has 35 heavy (non-hydrogen) atoms. The van der Waals surface area contributed by atoms with E-state index in [1.165, 1.54) is 35.4 Å². The lowest BCUT2D eigenvalue weighted by Gasteiger charge is -2.27. The molecule has 4 amide bonds. The molecule has 0 unspecified atom stereocenters. The zero-order chi connectivity index (χ0) is 26.2. The molecule has 2 aromatic rings. The van der Waals surface area contributed by atoms with Crippen LogP contribution in [0.1, 0.15) is 40.2 Å². The Morgan fingerprint density at radius 1 is 1.11 bits per heavy atom. The van der Waals surface area contributed by atoms with Crippen LogP contribution in [0.25, 0.3) is 0 Å². The van der Waals surface area contributed by atoms with E-state index in [9.17, 15) is 27.6 Å². The van der Waals surface area contributed by atoms with Crippen molar-refractivity contribution < 1.29 is 32.3 Å². The molecule has 1 aliphatic rings. The van der Waals surface area contributed by atoms with E-state index in [1.54, 1.807) is 46.8 Å². The lowest BCUT2D eigenvalue weighted by atomic mass is 10.0.